The van der Waals surface area contributed by atoms with Crippen molar-refractivity contribution >= 4 is 0 Å². The Balaban J connectivity index is 1.93. The van der Waals surface area contributed by atoms with Crippen LogP contribution in [0, 0.1) is 0 Å². The number of H-pyrrole nitrogens is 1. The molecule has 2 heteroatoms. The largest absolute Gasteiger partial charge is 0.365 e. The summed E-state index contributed by atoms with van der Waals surface area (Å²) in [6.45, 7) is 1.07. The van der Waals surface area contributed by atoms with Gasteiger partial charge in [-0.15, -0.1) is 0 Å². The van der Waals surface area contributed by atoms with Crippen molar-refractivity contribution in [2.45, 2.75) is 37.8 Å². The molecule has 2 aliphatic rings. The van der Waals surface area contributed by atoms with Gasteiger partial charge >= 0.3 is 0 Å². The molecule has 2 N–H and O–H groups in total. The summed E-state index contributed by atoms with van der Waals surface area (Å²) >= 11 is 0. The van der Waals surface area contributed by atoms with Crippen molar-refractivity contribution in [2.75, 3.05) is 0 Å². The first kappa shape index (κ1) is 6.72. The minimum atomic E-state index is 0.484. The topological polar surface area (TPSA) is 27.8 Å². The van der Waals surface area contributed by atoms with Crippen LogP contribution in [-0.2, 0) is 13.0 Å². The molecule has 0 unspecified atom stereocenters. The third kappa shape index (κ3) is 0.787. The van der Waals surface area contributed by atoms with Gasteiger partial charge in [0.2, 0.25) is 0 Å². The van der Waals surface area contributed by atoms with Crippen molar-refractivity contribution in [1.29, 1.82) is 0 Å². The lowest BCUT2D eigenvalue weighted by Gasteiger charge is -2.45. The molecular formula is C10H14N2. The molecule has 2 nitrogen and oxygen atoms in total. The number of hydrogen-bond acceptors (Lipinski definition) is 1. The number of aromatic nitrogens is 1. The lowest BCUT2D eigenvalue weighted by atomic mass is 9.71. The van der Waals surface area contributed by atoms with E-state index in [1.165, 1.54) is 36.9 Å². The van der Waals surface area contributed by atoms with E-state index in [0.717, 1.165) is 6.54 Å². The zero-order valence-electron chi connectivity index (χ0n) is 7.19. The van der Waals surface area contributed by atoms with Crippen LogP contribution in [0.15, 0.2) is 12.3 Å². The average molecular weight is 162 g/mol. The molecule has 0 radical (unpaired) electrons. The Bertz CT molecular complexity index is 297. The lowest BCUT2D eigenvalue weighted by Crippen LogP contribution is -2.54. The summed E-state index contributed by atoms with van der Waals surface area (Å²) in [5, 5.41) is 3.65. The molecule has 0 saturated heterocycles. The van der Waals surface area contributed by atoms with E-state index in [4.69, 9.17) is 0 Å². The highest BCUT2D eigenvalue weighted by molar-refractivity contribution is 5.27. The van der Waals surface area contributed by atoms with Crippen LogP contribution in [0.25, 0.3) is 0 Å². The molecule has 0 aromatic carbocycles. The highest BCUT2D eigenvalue weighted by atomic mass is 15.0. The molecule has 1 aromatic rings. The van der Waals surface area contributed by atoms with Gasteiger partial charge < -0.3 is 10.3 Å². The molecule has 3 rings (SSSR count). The monoisotopic (exact) mass is 162 g/mol. The maximum Gasteiger partial charge on any atom is 0.0239 e. The van der Waals surface area contributed by atoms with E-state index in [0.29, 0.717) is 5.54 Å². The number of hydrogen-bond donors (Lipinski definition) is 2. The summed E-state index contributed by atoms with van der Waals surface area (Å²) in [5.74, 6) is 0. The standard InChI is InChI=1S/C10H14N2/c1-3-10(4-1)6-9-8(7-12-10)2-5-11-9/h2,5,11-12H,1,3-4,6-7H2. The van der Waals surface area contributed by atoms with Crippen molar-refractivity contribution in [3.63, 3.8) is 0 Å². The molecule has 64 valence electrons. The quantitative estimate of drug-likeness (QED) is 0.595. The first-order chi connectivity index (χ1) is 5.88. The SMILES string of the molecule is c1cc2c([nH]1)CC1(CCC1)NC2. The van der Waals surface area contributed by atoms with E-state index in [9.17, 15) is 0 Å². The van der Waals surface area contributed by atoms with Crippen molar-refractivity contribution < 1.29 is 0 Å². The number of fused-ring (bicyclic) bond motifs is 1. The molecule has 0 atom stereocenters. The van der Waals surface area contributed by atoms with E-state index < -0.39 is 0 Å². The fourth-order valence-electron chi connectivity index (χ4n) is 2.41. The maximum absolute atomic E-state index is 3.65. The molecule has 1 fully saturated rings. The molecule has 1 aliphatic heterocycles. The lowest BCUT2D eigenvalue weighted by molar-refractivity contribution is 0.169. The molecule has 12 heavy (non-hydrogen) atoms. The summed E-state index contributed by atoms with van der Waals surface area (Å²) in [7, 11) is 0. The summed E-state index contributed by atoms with van der Waals surface area (Å²) < 4.78 is 0. The molecule has 1 saturated carbocycles. The van der Waals surface area contributed by atoms with Crippen LogP contribution in [0.2, 0.25) is 0 Å². The summed E-state index contributed by atoms with van der Waals surface area (Å²) in [6, 6.07) is 2.19. The first-order valence-corrected chi connectivity index (χ1v) is 4.78. The van der Waals surface area contributed by atoms with Gasteiger partial charge in [0.1, 0.15) is 0 Å². The van der Waals surface area contributed by atoms with E-state index in [2.05, 4.69) is 22.6 Å². The number of aromatic amines is 1. The molecular weight excluding hydrogens is 148 g/mol. The van der Waals surface area contributed by atoms with Crippen LogP contribution < -0.4 is 5.32 Å². The fraction of sp³-hybridized carbons (Fsp3) is 0.600. The van der Waals surface area contributed by atoms with Crippen molar-refractivity contribution in [3.05, 3.63) is 23.5 Å². The van der Waals surface area contributed by atoms with Crippen LogP contribution in [0.3, 0.4) is 0 Å². The molecule has 0 amide bonds. The van der Waals surface area contributed by atoms with E-state index >= 15 is 0 Å². The predicted octanol–water partition coefficient (Wildman–Crippen LogP) is 1.58. The van der Waals surface area contributed by atoms with Gasteiger partial charge in [-0.25, -0.2) is 0 Å². The molecule has 1 spiro atoms. The molecule has 0 bridgehead atoms. The Hall–Kier alpha value is -0.760. The second kappa shape index (κ2) is 2.13. The van der Waals surface area contributed by atoms with Crippen LogP contribution in [0.1, 0.15) is 30.5 Å². The summed E-state index contributed by atoms with van der Waals surface area (Å²) in [4.78, 5) is 3.34. The second-order valence-electron chi connectivity index (χ2n) is 4.15. The van der Waals surface area contributed by atoms with Gasteiger partial charge in [-0.3, -0.25) is 0 Å². The van der Waals surface area contributed by atoms with E-state index in [1.807, 2.05) is 0 Å². The third-order valence-electron chi connectivity index (χ3n) is 3.41. The zero-order chi connectivity index (χ0) is 8.02. The van der Waals surface area contributed by atoms with Gasteiger partial charge in [-0.05, 0) is 30.9 Å². The van der Waals surface area contributed by atoms with E-state index in [1.54, 1.807) is 0 Å². The molecule has 2 heterocycles. The van der Waals surface area contributed by atoms with Crippen molar-refractivity contribution in [2.24, 2.45) is 0 Å². The van der Waals surface area contributed by atoms with Crippen LogP contribution in [-0.4, -0.2) is 10.5 Å². The van der Waals surface area contributed by atoms with Crippen molar-refractivity contribution in [3.8, 4) is 0 Å². The van der Waals surface area contributed by atoms with Gasteiger partial charge in [-0.2, -0.15) is 0 Å². The molecule has 1 aromatic heterocycles. The zero-order valence-corrected chi connectivity index (χ0v) is 7.19. The third-order valence-corrected chi connectivity index (χ3v) is 3.41. The number of nitrogens with one attached hydrogen (secondary N) is 2. The Morgan fingerprint density at radius 2 is 2.25 bits per heavy atom. The average Bonchev–Trinajstić information content (AvgIpc) is 2.46. The normalized spacial score (nSPS) is 25.0. The smallest absolute Gasteiger partial charge is 0.0239 e. The van der Waals surface area contributed by atoms with Gasteiger partial charge in [0.05, 0.1) is 0 Å². The highest BCUT2D eigenvalue weighted by Gasteiger charge is 2.39. The summed E-state index contributed by atoms with van der Waals surface area (Å²) in [6.07, 6.45) is 7.42. The van der Waals surface area contributed by atoms with Gasteiger partial charge in [0.15, 0.2) is 0 Å². The number of rotatable bonds is 0. The van der Waals surface area contributed by atoms with Crippen molar-refractivity contribution in [1.82, 2.24) is 10.3 Å². The van der Waals surface area contributed by atoms with Gasteiger partial charge in [0, 0.05) is 30.4 Å². The Kier molecular flexibility index (Phi) is 1.20. The van der Waals surface area contributed by atoms with E-state index in [-0.39, 0.29) is 0 Å². The second-order valence-corrected chi connectivity index (χ2v) is 4.15. The maximum atomic E-state index is 3.65. The molecule has 1 aliphatic carbocycles. The van der Waals surface area contributed by atoms with Crippen LogP contribution >= 0.6 is 0 Å². The fourth-order valence-corrected chi connectivity index (χ4v) is 2.41. The first-order valence-electron chi connectivity index (χ1n) is 4.78. The summed E-state index contributed by atoms with van der Waals surface area (Å²) in [5.41, 5.74) is 3.42. The Labute approximate surface area is 72.4 Å². The predicted molar refractivity (Wildman–Crippen MR) is 47.9 cm³/mol. The Morgan fingerprint density at radius 3 is 3.00 bits per heavy atom. The highest BCUT2D eigenvalue weighted by Crippen LogP contribution is 2.37. The minimum absolute atomic E-state index is 0.484. The minimum Gasteiger partial charge on any atom is -0.365 e. The van der Waals surface area contributed by atoms with Gasteiger partial charge in [0.25, 0.3) is 0 Å². The van der Waals surface area contributed by atoms with Gasteiger partial charge in [-0.1, -0.05) is 0 Å². The van der Waals surface area contributed by atoms with Crippen LogP contribution in [0.4, 0.5) is 0 Å². The Morgan fingerprint density at radius 1 is 1.33 bits per heavy atom. The van der Waals surface area contributed by atoms with Crippen LogP contribution in [0.5, 0.6) is 0 Å².